The maximum atomic E-state index is 2.70. The fraction of sp³-hybridized carbons (Fsp3) is 1.00. The van der Waals surface area contributed by atoms with Crippen LogP contribution in [0.5, 0.6) is 0 Å². The van der Waals surface area contributed by atoms with Gasteiger partial charge in [-0.1, -0.05) is 33.1 Å². The number of hydrogen-bond donors (Lipinski definition) is 0. The van der Waals surface area contributed by atoms with Crippen LogP contribution in [0, 0.1) is 34.5 Å². The summed E-state index contributed by atoms with van der Waals surface area (Å²) in [6.07, 6.45) is 18.7. The Morgan fingerprint density at radius 2 is 1.60 bits per heavy atom. The Bertz CT molecular complexity index is 372. The molecule has 0 spiro atoms. The van der Waals surface area contributed by atoms with Crippen molar-refractivity contribution in [3.05, 3.63) is 0 Å². The standard InChI is InChI=1S/C20H34/c1-19-11-5-7-18(19)15-8-9-16-6-3-4-12-20(16,2)17(14-15)10-13-19/h15-18H,3-14H2,1-2H3/t15-,16-,17+,18+,19+,20+/m1/s1. The van der Waals surface area contributed by atoms with Gasteiger partial charge in [0.15, 0.2) is 0 Å². The molecule has 4 aliphatic rings. The molecule has 0 unspecified atom stereocenters. The third-order valence-corrected chi connectivity index (χ3v) is 8.65. The van der Waals surface area contributed by atoms with Crippen LogP contribution in [0.3, 0.4) is 0 Å². The van der Waals surface area contributed by atoms with Crippen LogP contribution in [0.2, 0.25) is 0 Å². The molecule has 0 N–H and O–H groups in total. The highest BCUT2D eigenvalue weighted by Crippen LogP contribution is 2.62. The Morgan fingerprint density at radius 1 is 0.700 bits per heavy atom. The third-order valence-electron chi connectivity index (χ3n) is 8.65. The van der Waals surface area contributed by atoms with Gasteiger partial charge in [-0.25, -0.2) is 0 Å². The summed E-state index contributed by atoms with van der Waals surface area (Å²) in [6.45, 7) is 5.36. The maximum absolute atomic E-state index is 2.70. The second-order valence-corrected chi connectivity index (χ2v) is 9.41. The van der Waals surface area contributed by atoms with Gasteiger partial charge >= 0.3 is 0 Å². The summed E-state index contributed by atoms with van der Waals surface area (Å²) < 4.78 is 0. The van der Waals surface area contributed by atoms with Crippen LogP contribution >= 0.6 is 0 Å². The largest absolute Gasteiger partial charge is 0.0594 e. The monoisotopic (exact) mass is 274 g/mol. The summed E-state index contributed by atoms with van der Waals surface area (Å²) in [4.78, 5) is 0. The highest BCUT2D eigenvalue weighted by Gasteiger charge is 2.52. The van der Waals surface area contributed by atoms with Crippen molar-refractivity contribution in [2.24, 2.45) is 34.5 Å². The molecule has 0 radical (unpaired) electrons. The van der Waals surface area contributed by atoms with E-state index in [1.165, 1.54) is 19.3 Å². The summed E-state index contributed by atoms with van der Waals surface area (Å²) in [6, 6.07) is 0. The summed E-state index contributed by atoms with van der Waals surface area (Å²) in [7, 11) is 0. The van der Waals surface area contributed by atoms with Gasteiger partial charge in [0.2, 0.25) is 0 Å². The molecule has 114 valence electrons. The van der Waals surface area contributed by atoms with E-state index >= 15 is 0 Å². The zero-order valence-electron chi connectivity index (χ0n) is 13.8. The van der Waals surface area contributed by atoms with Crippen LogP contribution in [0.1, 0.15) is 90.9 Å². The van der Waals surface area contributed by atoms with Crippen molar-refractivity contribution in [3.63, 3.8) is 0 Å². The van der Waals surface area contributed by atoms with Gasteiger partial charge in [0.1, 0.15) is 0 Å². The molecule has 0 heteroatoms. The average molecular weight is 274 g/mol. The molecule has 2 bridgehead atoms. The minimum absolute atomic E-state index is 0.724. The molecule has 0 saturated heterocycles. The molecular weight excluding hydrogens is 240 g/mol. The Morgan fingerprint density at radius 3 is 2.50 bits per heavy atom. The molecule has 0 aromatic carbocycles. The van der Waals surface area contributed by atoms with Crippen molar-refractivity contribution in [2.45, 2.75) is 90.9 Å². The molecule has 0 aromatic rings. The van der Waals surface area contributed by atoms with Gasteiger partial charge < -0.3 is 0 Å². The summed E-state index contributed by atoms with van der Waals surface area (Å²) in [5.74, 6) is 4.34. The van der Waals surface area contributed by atoms with Crippen molar-refractivity contribution >= 4 is 0 Å². The van der Waals surface area contributed by atoms with Crippen LogP contribution < -0.4 is 0 Å². The average Bonchev–Trinajstić information content (AvgIpc) is 2.67. The smallest absolute Gasteiger partial charge is 0.0269 e. The first-order valence-electron chi connectivity index (χ1n) is 9.62. The molecule has 4 fully saturated rings. The van der Waals surface area contributed by atoms with Gasteiger partial charge in [-0.3, -0.25) is 0 Å². The lowest BCUT2D eigenvalue weighted by Gasteiger charge is -2.46. The van der Waals surface area contributed by atoms with Crippen LogP contribution in [0.25, 0.3) is 0 Å². The molecule has 0 nitrogen and oxygen atoms in total. The first kappa shape index (κ1) is 13.6. The van der Waals surface area contributed by atoms with Gasteiger partial charge in [0, 0.05) is 0 Å². The fourth-order valence-corrected chi connectivity index (χ4v) is 7.30. The molecule has 0 aromatic heterocycles. The SMILES string of the molecule is C[C@@]12CCC[C@H]1[C@@H]1CC[C@H]3CCCC[C@]3(C)[C@@H](CC2)C1. The summed E-state index contributed by atoms with van der Waals surface area (Å²) >= 11 is 0. The van der Waals surface area contributed by atoms with E-state index in [1.54, 1.807) is 57.8 Å². The number of fused-ring (bicyclic) bond motifs is 6. The molecule has 0 aliphatic heterocycles. The lowest BCUT2D eigenvalue weighted by Crippen LogP contribution is -2.37. The second-order valence-electron chi connectivity index (χ2n) is 9.41. The molecule has 0 heterocycles. The number of rotatable bonds is 0. The van der Waals surface area contributed by atoms with Gasteiger partial charge in [0.25, 0.3) is 0 Å². The van der Waals surface area contributed by atoms with E-state index in [-0.39, 0.29) is 0 Å². The number of hydrogen-bond acceptors (Lipinski definition) is 0. The molecule has 4 saturated carbocycles. The normalized spacial score (nSPS) is 55.5. The predicted molar refractivity (Wildman–Crippen MR) is 85.6 cm³/mol. The molecule has 4 aliphatic carbocycles. The van der Waals surface area contributed by atoms with Crippen LogP contribution in [-0.2, 0) is 0 Å². The Balaban J connectivity index is 1.66. The van der Waals surface area contributed by atoms with E-state index < -0.39 is 0 Å². The van der Waals surface area contributed by atoms with Gasteiger partial charge in [0.05, 0.1) is 0 Å². The highest BCUT2D eigenvalue weighted by atomic mass is 14.6. The molecule has 20 heavy (non-hydrogen) atoms. The maximum Gasteiger partial charge on any atom is -0.0269 e. The van der Waals surface area contributed by atoms with Crippen molar-refractivity contribution in [3.8, 4) is 0 Å². The Kier molecular flexibility index (Phi) is 3.24. The molecule has 6 atom stereocenters. The zero-order valence-corrected chi connectivity index (χ0v) is 13.8. The third kappa shape index (κ3) is 1.92. The van der Waals surface area contributed by atoms with Crippen LogP contribution in [0.15, 0.2) is 0 Å². The van der Waals surface area contributed by atoms with Crippen molar-refractivity contribution in [1.82, 2.24) is 0 Å². The van der Waals surface area contributed by atoms with Crippen LogP contribution in [0.4, 0.5) is 0 Å². The topological polar surface area (TPSA) is 0 Å². The minimum Gasteiger partial charge on any atom is -0.0594 e. The zero-order chi connectivity index (χ0) is 13.8. The molecular formula is C20H34. The molecule has 4 rings (SSSR count). The van der Waals surface area contributed by atoms with E-state index in [1.807, 2.05) is 0 Å². The van der Waals surface area contributed by atoms with E-state index in [0.717, 1.165) is 34.5 Å². The Hall–Kier alpha value is 0. The first-order valence-corrected chi connectivity index (χ1v) is 9.62. The van der Waals surface area contributed by atoms with Crippen molar-refractivity contribution in [2.75, 3.05) is 0 Å². The van der Waals surface area contributed by atoms with E-state index in [9.17, 15) is 0 Å². The highest BCUT2D eigenvalue weighted by molar-refractivity contribution is 5.02. The fourth-order valence-electron chi connectivity index (χ4n) is 7.30. The van der Waals surface area contributed by atoms with E-state index in [4.69, 9.17) is 0 Å². The van der Waals surface area contributed by atoms with Gasteiger partial charge in [-0.2, -0.15) is 0 Å². The van der Waals surface area contributed by atoms with Crippen molar-refractivity contribution in [1.29, 1.82) is 0 Å². The Labute approximate surface area is 126 Å². The van der Waals surface area contributed by atoms with E-state index in [2.05, 4.69) is 13.8 Å². The lowest BCUT2D eigenvalue weighted by atomic mass is 9.59. The summed E-state index contributed by atoms with van der Waals surface area (Å²) in [5.41, 5.74) is 1.46. The molecule has 0 amide bonds. The van der Waals surface area contributed by atoms with Gasteiger partial charge in [-0.15, -0.1) is 0 Å². The van der Waals surface area contributed by atoms with Crippen LogP contribution in [-0.4, -0.2) is 0 Å². The summed E-state index contributed by atoms with van der Waals surface area (Å²) in [5, 5.41) is 0. The van der Waals surface area contributed by atoms with Gasteiger partial charge in [-0.05, 0) is 92.3 Å². The second kappa shape index (κ2) is 4.75. The van der Waals surface area contributed by atoms with E-state index in [0.29, 0.717) is 0 Å². The van der Waals surface area contributed by atoms with Crippen molar-refractivity contribution < 1.29 is 0 Å². The predicted octanol–water partition coefficient (Wildman–Crippen LogP) is 6.20. The minimum atomic E-state index is 0.724. The lowest BCUT2D eigenvalue weighted by molar-refractivity contribution is 0.0373. The first-order chi connectivity index (χ1) is 9.62. The quantitative estimate of drug-likeness (QED) is 0.493.